The van der Waals surface area contributed by atoms with Crippen molar-refractivity contribution in [1.82, 2.24) is 0 Å². The van der Waals surface area contributed by atoms with Crippen LogP contribution >= 0.6 is 0 Å². The van der Waals surface area contributed by atoms with Gasteiger partial charge < -0.3 is 10.2 Å². The van der Waals surface area contributed by atoms with E-state index < -0.39 is 0 Å². The summed E-state index contributed by atoms with van der Waals surface area (Å²) in [5.41, 5.74) is 0.150. The minimum atomic E-state index is -0.104. The highest BCUT2D eigenvalue weighted by molar-refractivity contribution is 5.05. The van der Waals surface area contributed by atoms with Gasteiger partial charge in [0, 0.05) is 6.61 Å². The first-order valence-corrected chi connectivity index (χ1v) is 4.86. The lowest BCUT2D eigenvalue weighted by Gasteiger charge is -2.39. The zero-order valence-corrected chi connectivity index (χ0v) is 7.83. The Kier molecular flexibility index (Phi) is 1.74. The maximum atomic E-state index is 9.69. The van der Waals surface area contributed by atoms with Gasteiger partial charge in [0.1, 0.15) is 0 Å². The molecule has 0 radical (unpaired) electrons. The molecule has 0 aromatic carbocycles. The van der Waals surface area contributed by atoms with Crippen molar-refractivity contribution >= 4 is 0 Å². The number of aliphatic hydroxyl groups is 2. The highest BCUT2D eigenvalue weighted by atomic mass is 16.3. The van der Waals surface area contributed by atoms with E-state index in [4.69, 9.17) is 0 Å². The molecule has 0 aromatic rings. The molecule has 2 aliphatic carbocycles. The maximum absolute atomic E-state index is 9.69. The fourth-order valence-corrected chi connectivity index (χ4v) is 3.45. The zero-order valence-electron chi connectivity index (χ0n) is 7.83. The van der Waals surface area contributed by atoms with Crippen LogP contribution in [0.15, 0.2) is 0 Å². The number of aliphatic hydroxyl groups excluding tert-OH is 2. The molecule has 2 heteroatoms. The molecule has 70 valence electrons. The average molecular weight is 170 g/mol. The summed E-state index contributed by atoms with van der Waals surface area (Å²) in [5, 5.41) is 18.9. The Bertz CT molecular complexity index is 184. The van der Waals surface area contributed by atoms with Crippen molar-refractivity contribution < 1.29 is 10.2 Å². The van der Waals surface area contributed by atoms with Gasteiger partial charge in [0.05, 0.1) is 6.10 Å². The third-order valence-corrected chi connectivity index (χ3v) is 4.24. The first kappa shape index (κ1) is 8.52. The largest absolute Gasteiger partial charge is 0.396 e. The van der Waals surface area contributed by atoms with Crippen LogP contribution in [0, 0.1) is 23.2 Å². The van der Waals surface area contributed by atoms with Crippen LogP contribution < -0.4 is 0 Å². The molecule has 12 heavy (non-hydrogen) atoms. The quantitative estimate of drug-likeness (QED) is 0.617. The molecule has 2 N–H and O–H groups in total. The summed E-state index contributed by atoms with van der Waals surface area (Å²) >= 11 is 0. The Morgan fingerprint density at radius 2 is 2.00 bits per heavy atom. The molecule has 2 fully saturated rings. The summed E-state index contributed by atoms with van der Waals surface area (Å²) in [6.45, 7) is 4.66. The summed E-state index contributed by atoms with van der Waals surface area (Å²) < 4.78 is 0. The normalized spacial score (nSPS) is 50.0. The van der Waals surface area contributed by atoms with Crippen LogP contribution in [0.5, 0.6) is 0 Å². The zero-order chi connectivity index (χ0) is 8.93. The van der Waals surface area contributed by atoms with Crippen LogP contribution in [0.3, 0.4) is 0 Å². The number of fused-ring (bicyclic) bond motifs is 2. The van der Waals surface area contributed by atoms with Gasteiger partial charge >= 0.3 is 0 Å². The van der Waals surface area contributed by atoms with Crippen molar-refractivity contribution in [3.05, 3.63) is 0 Å². The van der Waals surface area contributed by atoms with Gasteiger partial charge in [-0.3, -0.25) is 0 Å². The Balaban J connectivity index is 2.23. The number of rotatable bonds is 1. The molecule has 2 bridgehead atoms. The van der Waals surface area contributed by atoms with Gasteiger partial charge in [-0.2, -0.15) is 0 Å². The number of hydrogen-bond acceptors (Lipinski definition) is 2. The van der Waals surface area contributed by atoms with Gasteiger partial charge in [-0.05, 0) is 36.0 Å². The van der Waals surface area contributed by atoms with E-state index in [1.54, 1.807) is 0 Å². The lowest BCUT2D eigenvalue weighted by molar-refractivity contribution is -0.0146. The van der Waals surface area contributed by atoms with E-state index in [0.717, 1.165) is 12.8 Å². The number of hydrogen-bond donors (Lipinski definition) is 2. The maximum Gasteiger partial charge on any atom is 0.0576 e. The van der Waals surface area contributed by atoms with E-state index in [-0.39, 0.29) is 11.5 Å². The van der Waals surface area contributed by atoms with E-state index in [9.17, 15) is 10.2 Å². The van der Waals surface area contributed by atoms with E-state index in [2.05, 4.69) is 13.8 Å². The lowest BCUT2D eigenvalue weighted by Crippen LogP contribution is -2.39. The standard InChI is InChI=1S/C10H18O2/c1-10(2)7-3-6(4-9(7)12)8(10)5-11/h6-9,11-12H,3-5H2,1-2H3/t6-,7+,8+,9+/m1/s1. The van der Waals surface area contributed by atoms with Crippen molar-refractivity contribution in [3.8, 4) is 0 Å². The third-order valence-electron chi connectivity index (χ3n) is 4.24. The van der Waals surface area contributed by atoms with Crippen molar-refractivity contribution in [2.24, 2.45) is 23.2 Å². The minimum Gasteiger partial charge on any atom is -0.396 e. The smallest absolute Gasteiger partial charge is 0.0576 e. The van der Waals surface area contributed by atoms with Crippen molar-refractivity contribution in [2.75, 3.05) is 6.61 Å². The molecule has 0 aliphatic heterocycles. The summed E-state index contributed by atoms with van der Waals surface area (Å²) in [6, 6.07) is 0. The predicted molar refractivity (Wildman–Crippen MR) is 46.6 cm³/mol. The molecular formula is C10H18O2. The average Bonchev–Trinajstić information content (AvgIpc) is 2.41. The van der Waals surface area contributed by atoms with Crippen LogP contribution in [0.1, 0.15) is 26.7 Å². The Labute approximate surface area is 73.6 Å². The molecule has 2 rings (SSSR count). The van der Waals surface area contributed by atoms with Crippen LogP contribution in [-0.2, 0) is 0 Å². The van der Waals surface area contributed by atoms with Crippen molar-refractivity contribution in [1.29, 1.82) is 0 Å². The molecule has 4 atom stereocenters. The fraction of sp³-hybridized carbons (Fsp3) is 1.00. The first-order chi connectivity index (χ1) is 5.57. The second-order valence-corrected chi connectivity index (χ2v) is 5.02. The molecule has 0 saturated heterocycles. The SMILES string of the molecule is CC1(C)[C@@H](CO)[C@H]2C[C@H](O)[C@@H]1C2. The van der Waals surface area contributed by atoms with E-state index in [1.807, 2.05) is 0 Å². The second kappa shape index (κ2) is 2.46. The highest BCUT2D eigenvalue weighted by Crippen LogP contribution is 2.58. The van der Waals surface area contributed by atoms with Gasteiger partial charge in [0.25, 0.3) is 0 Å². The van der Waals surface area contributed by atoms with Crippen LogP contribution in [-0.4, -0.2) is 22.9 Å². The second-order valence-electron chi connectivity index (χ2n) is 5.02. The first-order valence-electron chi connectivity index (χ1n) is 4.86. The Morgan fingerprint density at radius 3 is 2.42 bits per heavy atom. The van der Waals surface area contributed by atoms with Crippen LogP contribution in [0.25, 0.3) is 0 Å². The van der Waals surface area contributed by atoms with Gasteiger partial charge in [-0.15, -0.1) is 0 Å². The molecule has 2 saturated carbocycles. The van der Waals surface area contributed by atoms with E-state index >= 15 is 0 Å². The Morgan fingerprint density at radius 1 is 1.33 bits per heavy atom. The predicted octanol–water partition coefficient (Wildman–Crippen LogP) is 1.02. The third kappa shape index (κ3) is 0.882. The summed E-state index contributed by atoms with van der Waals surface area (Å²) in [5.74, 6) is 1.43. The van der Waals surface area contributed by atoms with E-state index in [0.29, 0.717) is 24.4 Å². The minimum absolute atomic E-state index is 0.104. The Hall–Kier alpha value is -0.0800. The highest BCUT2D eigenvalue weighted by Gasteiger charge is 2.56. The fourth-order valence-electron chi connectivity index (χ4n) is 3.45. The van der Waals surface area contributed by atoms with Crippen LogP contribution in [0.4, 0.5) is 0 Å². The van der Waals surface area contributed by atoms with Crippen LogP contribution in [0.2, 0.25) is 0 Å². The molecule has 2 nitrogen and oxygen atoms in total. The molecule has 2 aliphatic rings. The summed E-state index contributed by atoms with van der Waals surface area (Å²) in [7, 11) is 0. The van der Waals surface area contributed by atoms with Gasteiger partial charge in [0.15, 0.2) is 0 Å². The molecule has 0 heterocycles. The molecular weight excluding hydrogens is 152 g/mol. The van der Waals surface area contributed by atoms with Gasteiger partial charge in [-0.1, -0.05) is 13.8 Å². The van der Waals surface area contributed by atoms with E-state index in [1.165, 1.54) is 0 Å². The summed E-state index contributed by atoms with van der Waals surface area (Å²) in [6.07, 6.45) is 1.94. The monoisotopic (exact) mass is 170 g/mol. The van der Waals surface area contributed by atoms with Gasteiger partial charge in [0.2, 0.25) is 0 Å². The molecule has 0 amide bonds. The molecule has 0 unspecified atom stereocenters. The molecule has 0 spiro atoms. The molecule has 0 aromatic heterocycles. The summed E-state index contributed by atoms with van der Waals surface area (Å²) in [4.78, 5) is 0. The lowest BCUT2D eigenvalue weighted by atomic mass is 9.68. The topological polar surface area (TPSA) is 40.5 Å². The van der Waals surface area contributed by atoms with Gasteiger partial charge in [-0.25, -0.2) is 0 Å². The van der Waals surface area contributed by atoms with Crippen molar-refractivity contribution in [3.63, 3.8) is 0 Å². The van der Waals surface area contributed by atoms with Crippen molar-refractivity contribution in [2.45, 2.75) is 32.8 Å².